The topological polar surface area (TPSA) is 162 Å². The second kappa shape index (κ2) is 11.1. The molecule has 0 unspecified atom stereocenters. The van der Waals surface area contributed by atoms with Crippen molar-refractivity contribution in [3.8, 4) is 23.0 Å². The third kappa shape index (κ3) is 6.63. The van der Waals surface area contributed by atoms with Gasteiger partial charge in [0.15, 0.2) is 23.0 Å². The Bertz CT molecular complexity index is 1150. The van der Waals surface area contributed by atoms with Crippen LogP contribution in [-0.4, -0.2) is 44.4 Å². The molecule has 3 rings (SSSR count). The molecule has 0 fully saturated rings. The van der Waals surface area contributed by atoms with Crippen LogP contribution in [0.1, 0.15) is 16.7 Å². The average Bonchev–Trinajstić information content (AvgIpc) is 2.82. The van der Waals surface area contributed by atoms with Gasteiger partial charge in [-0.05, 0) is 47.4 Å². The molecule has 9 heteroatoms. The minimum Gasteiger partial charge on any atom is -0.504 e. The van der Waals surface area contributed by atoms with E-state index in [0.29, 0.717) is 11.1 Å². The molecule has 3 aromatic carbocycles. The molecular formula is C25H26N2O7. The quantitative estimate of drug-likeness (QED) is 0.206. The molecule has 1 amide bonds. The van der Waals surface area contributed by atoms with Crippen molar-refractivity contribution < 1.29 is 34.8 Å². The monoisotopic (exact) mass is 466 g/mol. The van der Waals surface area contributed by atoms with Gasteiger partial charge in [0, 0.05) is 6.42 Å². The maximum absolute atomic E-state index is 12.8. The van der Waals surface area contributed by atoms with Crippen LogP contribution in [0, 0.1) is 0 Å². The number of rotatable bonds is 9. The summed E-state index contributed by atoms with van der Waals surface area (Å²) in [6.45, 7) is 0.00567. The van der Waals surface area contributed by atoms with Gasteiger partial charge < -0.3 is 36.2 Å². The predicted octanol–water partition coefficient (Wildman–Crippen LogP) is 1.85. The third-order valence-electron chi connectivity index (χ3n) is 5.14. The lowest BCUT2D eigenvalue weighted by atomic mass is 10.0. The van der Waals surface area contributed by atoms with Crippen molar-refractivity contribution in [2.45, 2.75) is 31.5 Å². The van der Waals surface area contributed by atoms with Crippen LogP contribution in [0.5, 0.6) is 23.0 Å². The summed E-state index contributed by atoms with van der Waals surface area (Å²) in [6, 6.07) is 15.1. The Hall–Kier alpha value is -4.24. The number of benzene rings is 3. The lowest BCUT2D eigenvalue weighted by Crippen LogP contribution is -2.50. The fraction of sp³-hybridized carbons (Fsp3) is 0.200. The maximum atomic E-state index is 12.8. The molecule has 0 radical (unpaired) electrons. The second-order valence-electron chi connectivity index (χ2n) is 7.82. The highest BCUT2D eigenvalue weighted by Crippen LogP contribution is 2.26. The molecule has 0 saturated carbocycles. The van der Waals surface area contributed by atoms with Crippen molar-refractivity contribution in [2.24, 2.45) is 5.73 Å². The number of amides is 1. The molecule has 9 nitrogen and oxygen atoms in total. The van der Waals surface area contributed by atoms with E-state index in [9.17, 15) is 30.0 Å². The Labute approximate surface area is 196 Å². The molecule has 0 bridgehead atoms. The summed E-state index contributed by atoms with van der Waals surface area (Å²) in [7, 11) is 0. The Morgan fingerprint density at radius 2 is 1.32 bits per heavy atom. The van der Waals surface area contributed by atoms with Crippen LogP contribution < -0.4 is 11.1 Å². The van der Waals surface area contributed by atoms with E-state index in [-0.39, 0.29) is 42.4 Å². The summed E-state index contributed by atoms with van der Waals surface area (Å²) in [5, 5.41) is 41.0. The minimum absolute atomic E-state index is 0.00567. The van der Waals surface area contributed by atoms with Gasteiger partial charge in [-0.15, -0.1) is 0 Å². The van der Waals surface area contributed by atoms with Crippen molar-refractivity contribution in [2.75, 3.05) is 0 Å². The van der Waals surface area contributed by atoms with E-state index in [4.69, 9.17) is 10.5 Å². The SMILES string of the molecule is N[C@@H](Cc1ccc(O)c(O)c1)C(=O)N[C@@H](Cc1ccc(O)c(O)c1)C(=O)OCc1ccccc1. The number of hydrogen-bond donors (Lipinski definition) is 6. The summed E-state index contributed by atoms with van der Waals surface area (Å²) in [5.41, 5.74) is 7.78. The van der Waals surface area contributed by atoms with Crippen molar-refractivity contribution in [1.82, 2.24) is 5.32 Å². The first kappa shape index (κ1) is 24.4. The predicted molar refractivity (Wildman–Crippen MR) is 123 cm³/mol. The lowest BCUT2D eigenvalue weighted by molar-refractivity contribution is -0.149. The highest BCUT2D eigenvalue weighted by Gasteiger charge is 2.26. The van der Waals surface area contributed by atoms with E-state index < -0.39 is 24.0 Å². The molecule has 0 aliphatic rings. The van der Waals surface area contributed by atoms with Gasteiger partial charge >= 0.3 is 5.97 Å². The highest BCUT2D eigenvalue weighted by atomic mass is 16.5. The molecule has 34 heavy (non-hydrogen) atoms. The van der Waals surface area contributed by atoms with E-state index in [1.165, 1.54) is 36.4 Å². The van der Waals surface area contributed by atoms with E-state index in [1.807, 2.05) is 18.2 Å². The summed E-state index contributed by atoms with van der Waals surface area (Å²) in [6.07, 6.45) is 0.0331. The normalized spacial score (nSPS) is 12.5. The van der Waals surface area contributed by atoms with Crippen LogP contribution in [0.15, 0.2) is 66.7 Å². The molecule has 0 aliphatic carbocycles. The van der Waals surface area contributed by atoms with Crippen molar-refractivity contribution >= 4 is 11.9 Å². The van der Waals surface area contributed by atoms with Crippen molar-refractivity contribution in [1.29, 1.82) is 0 Å². The fourth-order valence-electron chi connectivity index (χ4n) is 3.28. The molecule has 178 valence electrons. The van der Waals surface area contributed by atoms with Gasteiger partial charge in [0.1, 0.15) is 12.6 Å². The molecule has 0 spiro atoms. The van der Waals surface area contributed by atoms with Crippen LogP contribution in [0.3, 0.4) is 0 Å². The van der Waals surface area contributed by atoms with Crippen LogP contribution in [0.25, 0.3) is 0 Å². The molecule has 2 atom stereocenters. The zero-order valence-electron chi connectivity index (χ0n) is 18.2. The lowest BCUT2D eigenvalue weighted by Gasteiger charge is -2.20. The largest absolute Gasteiger partial charge is 0.504 e. The van der Waals surface area contributed by atoms with Gasteiger partial charge in [-0.1, -0.05) is 42.5 Å². The average molecular weight is 466 g/mol. The Morgan fingerprint density at radius 3 is 1.88 bits per heavy atom. The number of esters is 1. The van der Waals surface area contributed by atoms with Gasteiger partial charge in [0.25, 0.3) is 0 Å². The van der Waals surface area contributed by atoms with Gasteiger partial charge in [0.05, 0.1) is 6.04 Å². The van der Waals surface area contributed by atoms with E-state index >= 15 is 0 Å². The van der Waals surface area contributed by atoms with Gasteiger partial charge in [-0.25, -0.2) is 4.79 Å². The van der Waals surface area contributed by atoms with E-state index in [2.05, 4.69) is 5.32 Å². The highest BCUT2D eigenvalue weighted by molar-refractivity contribution is 5.87. The van der Waals surface area contributed by atoms with Crippen molar-refractivity contribution in [3.63, 3.8) is 0 Å². The third-order valence-corrected chi connectivity index (χ3v) is 5.14. The number of nitrogens with one attached hydrogen (secondary N) is 1. The first-order chi connectivity index (χ1) is 16.2. The smallest absolute Gasteiger partial charge is 0.329 e. The number of phenols is 4. The second-order valence-corrected chi connectivity index (χ2v) is 7.82. The molecule has 7 N–H and O–H groups in total. The fourth-order valence-corrected chi connectivity index (χ4v) is 3.28. The number of phenolic OH excluding ortho intramolecular Hbond substituents is 4. The van der Waals surface area contributed by atoms with Crippen LogP contribution >= 0.6 is 0 Å². The summed E-state index contributed by atoms with van der Waals surface area (Å²) in [4.78, 5) is 25.6. The first-order valence-electron chi connectivity index (χ1n) is 10.5. The Morgan fingerprint density at radius 1 is 0.765 bits per heavy atom. The molecule has 0 heterocycles. The van der Waals surface area contributed by atoms with E-state index in [1.54, 1.807) is 12.1 Å². The van der Waals surface area contributed by atoms with Gasteiger partial charge in [0.2, 0.25) is 5.91 Å². The summed E-state index contributed by atoms with van der Waals surface area (Å²) >= 11 is 0. The number of ether oxygens (including phenoxy) is 1. The molecule has 0 saturated heterocycles. The van der Waals surface area contributed by atoms with Crippen LogP contribution in [0.4, 0.5) is 0 Å². The zero-order valence-corrected chi connectivity index (χ0v) is 18.2. The minimum atomic E-state index is -1.11. The summed E-state index contributed by atoms with van der Waals surface area (Å²) in [5.74, 6) is -2.62. The number of nitrogens with two attached hydrogens (primary N) is 1. The molecule has 0 aromatic heterocycles. The van der Waals surface area contributed by atoms with Gasteiger partial charge in [-0.3, -0.25) is 4.79 Å². The zero-order chi connectivity index (χ0) is 24.7. The molecular weight excluding hydrogens is 440 g/mol. The number of hydrogen-bond acceptors (Lipinski definition) is 8. The standard InChI is InChI=1S/C25H26N2O7/c26-18(10-16-6-8-20(28)22(30)12-16)24(32)27-19(11-17-7-9-21(29)23(31)13-17)25(33)34-14-15-4-2-1-3-5-15/h1-9,12-13,18-19,28-31H,10-11,14,26H2,(H,27,32)/t18-,19-/m0/s1. The first-order valence-corrected chi connectivity index (χ1v) is 10.5. The van der Waals surface area contributed by atoms with E-state index in [0.717, 1.165) is 5.56 Å². The number of carbonyl (C=O) groups is 2. The molecule has 3 aromatic rings. The van der Waals surface area contributed by atoms with Crippen LogP contribution in [0.2, 0.25) is 0 Å². The van der Waals surface area contributed by atoms with Crippen molar-refractivity contribution in [3.05, 3.63) is 83.4 Å². The Balaban J connectivity index is 1.71. The van der Waals surface area contributed by atoms with Gasteiger partial charge in [-0.2, -0.15) is 0 Å². The maximum Gasteiger partial charge on any atom is 0.329 e. The van der Waals surface area contributed by atoms with Crippen LogP contribution in [-0.2, 0) is 33.8 Å². The summed E-state index contributed by atoms with van der Waals surface area (Å²) < 4.78 is 5.38. The number of aromatic hydroxyl groups is 4. The molecule has 0 aliphatic heterocycles. The number of carbonyl (C=O) groups excluding carboxylic acids is 2. The Kier molecular flexibility index (Phi) is 7.94.